The minimum atomic E-state index is 0.581. The van der Waals surface area contributed by atoms with Crippen molar-refractivity contribution in [2.45, 2.75) is 46.0 Å². The van der Waals surface area contributed by atoms with Crippen LogP contribution < -0.4 is 11.1 Å². The van der Waals surface area contributed by atoms with E-state index in [2.05, 4.69) is 17.2 Å². The Bertz CT molecular complexity index is 132. The van der Waals surface area contributed by atoms with E-state index in [1.165, 1.54) is 25.7 Å². The van der Waals surface area contributed by atoms with E-state index in [0.717, 1.165) is 19.5 Å². The molecule has 0 fully saturated rings. The van der Waals surface area contributed by atoms with Crippen LogP contribution in [-0.2, 0) is 0 Å². The Morgan fingerprint density at radius 1 is 1.15 bits per heavy atom. The van der Waals surface area contributed by atoms with Gasteiger partial charge in [-0.25, -0.2) is 0 Å². The highest BCUT2D eigenvalue weighted by Gasteiger charge is 1.89. The topological polar surface area (TPSA) is 50.4 Å². The smallest absolute Gasteiger partial charge is 0.188 e. The predicted molar refractivity (Wildman–Crippen MR) is 58.9 cm³/mol. The molecule has 0 rings (SSSR count). The average Bonchev–Trinajstić information content (AvgIpc) is 2.11. The summed E-state index contributed by atoms with van der Waals surface area (Å²) >= 11 is 0. The van der Waals surface area contributed by atoms with Crippen molar-refractivity contribution in [1.82, 2.24) is 5.32 Å². The molecule has 0 atom stereocenters. The van der Waals surface area contributed by atoms with Crippen LogP contribution in [0.3, 0.4) is 0 Å². The van der Waals surface area contributed by atoms with Gasteiger partial charge < -0.3 is 11.1 Å². The molecule has 0 aromatic heterocycles. The third kappa shape index (κ3) is 9.18. The minimum Gasteiger partial charge on any atom is -0.370 e. The minimum absolute atomic E-state index is 0.581. The fourth-order valence-electron chi connectivity index (χ4n) is 1.15. The van der Waals surface area contributed by atoms with Crippen molar-refractivity contribution in [2.75, 3.05) is 13.1 Å². The summed E-state index contributed by atoms with van der Waals surface area (Å²) in [5, 5.41) is 2.98. The van der Waals surface area contributed by atoms with Crippen LogP contribution in [0.5, 0.6) is 0 Å². The van der Waals surface area contributed by atoms with Crippen LogP contribution in [-0.4, -0.2) is 19.0 Å². The van der Waals surface area contributed by atoms with Gasteiger partial charge in [0, 0.05) is 13.1 Å². The molecule has 0 saturated carbocycles. The summed E-state index contributed by atoms with van der Waals surface area (Å²) in [5.74, 6) is 0.581. The lowest BCUT2D eigenvalue weighted by Crippen LogP contribution is -2.31. The number of guanidine groups is 1. The van der Waals surface area contributed by atoms with E-state index in [1.807, 2.05) is 6.92 Å². The largest absolute Gasteiger partial charge is 0.370 e. The highest BCUT2D eigenvalue weighted by molar-refractivity contribution is 5.77. The third-order valence-corrected chi connectivity index (χ3v) is 1.90. The van der Waals surface area contributed by atoms with Crippen molar-refractivity contribution in [1.29, 1.82) is 0 Å². The van der Waals surface area contributed by atoms with Gasteiger partial charge >= 0.3 is 0 Å². The molecule has 0 unspecified atom stereocenters. The van der Waals surface area contributed by atoms with Crippen molar-refractivity contribution < 1.29 is 0 Å². The standard InChI is InChI=1S/C10H23N3/c1-3-5-6-7-8-9-13-10(11)12-4-2/h3-9H2,1-2H3,(H3,11,12,13). The molecule has 78 valence electrons. The molecule has 3 nitrogen and oxygen atoms in total. The number of nitrogens with two attached hydrogens (primary N) is 1. The fraction of sp³-hybridized carbons (Fsp3) is 0.900. The number of hydrogen-bond donors (Lipinski definition) is 2. The summed E-state index contributed by atoms with van der Waals surface area (Å²) in [6, 6.07) is 0. The van der Waals surface area contributed by atoms with E-state index in [4.69, 9.17) is 5.73 Å². The normalized spacial score (nSPS) is 11.7. The number of nitrogens with zero attached hydrogens (tertiary/aromatic N) is 1. The van der Waals surface area contributed by atoms with E-state index >= 15 is 0 Å². The first-order valence-corrected chi connectivity index (χ1v) is 5.35. The van der Waals surface area contributed by atoms with Crippen LogP contribution in [0.15, 0.2) is 4.99 Å². The molecule has 0 bridgehead atoms. The van der Waals surface area contributed by atoms with Gasteiger partial charge in [-0.15, -0.1) is 0 Å². The molecule has 3 N–H and O–H groups in total. The molecule has 0 amide bonds. The first-order valence-electron chi connectivity index (χ1n) is 5.35. The first-order chi connectivity index (χ1) is 6.31. The number of rotatable bonds is 7. The van der Waals surface area contributed by atoms with Crippen molar-refractivity contribution in [3.63, 3.8) is 0 Å². The Morgan fingerprint density at radius 2 is 1.85 bits per heavy atom. The second kappa shape index (κ2) is 9.36. The summed E-state index contributed by atoms with van der Waals surface area (Å²) in [6.07, 6.45) is 6.39. The molecule has 3 heteroatoms. The predicted octanol–water partition coefficient (Wildman–Crippen LogP) is 1.88. The molecule has 0 aromatic rings. The van der Waals surface area contributed by atoms with Gasteiger partial charge in [0.05, 0.1) is 0 Å². The van der Waals surface area contributed by atoms with E-state index in [-0.39, 0.29) is 0 Å². The van der Waals surface area contributed by atoms with Gasteiger partial charge in [0.15, 0.2) is 5.96 Å². The van der Waals surface area contributed by atoms with Gasteiger partial charge in [-0.1, -0.05) is 32.6 Å². The Morgan fingerprint density at radius 3 is 2.46 bits per heavy atom. The molecule has 0 radical (unpaired) electrons. The van der Waals surface area contributed by atoms with Crippen LogP contribution in [0, 0.1) is 0 Å². The SMILES string of the molecule is CCCCCCCN=C(N)NCC. The average molecular weight is 185 g/mol. The lowest BCUT2D eigenvalue weighted by molar-refractivity contribution is 0.637. The van der Waals surface area contributed by atoms with E-state index in [1.54, 1.807) is 0 Å². The van der Waals surface area contributed by atoms with Gasteiger partial charge in [0.25, 0.3) is 0 Å². The van der Waals surface area contributed by atoms with E-state index < -0.39 is 0 Å². The van der Waals surface area contributed by atoms with Crippen LogP contribution in [0.4, 0.5) is 0 Å². The van der Waals surface area contributed by atoms with Gasteiger partial charge in [0.2, 0.25) is 0 Å². The molecule has 0 saturated heterocycles. The quantitative estimate of drug-likeness (QED) is 0.361. The summed E-state index contributed by atoms with van der Waals surface area (Å²) in [4.78, 5) is 4.19. The Kier molecular flexibility index (Phi) is 8.83. The van der Waals surface area contributed by atoms with E-state index in [9.17, 15) is 0 Å². The number of nitrogens with one attached hydrogen (secondary N) is 1. The molecular weight excluding hydrogens is 162 g/mol. The first kappa shape index (κ1) is 12.3. The molecule has 0 spiro atoms. The van der Waals surface area contributed by atoms with Crippen molar-refractivity contribution >= 4 is 5.96 Å². The second-order valence-corrected chi connectivity index (χ2v) is 3.21. The van der Waals surface area contributed by atoms with Crippen molar-refractivity contribution in [3.05, 3.63) is 0 Å². The van der Waals surface area contributed by atoms with Crippen molar-refractivity contribution in [2.24, 2.45) is 10.7 Å². The summed E-state index contributed by atoms with van der Waals surface area (Å²) in [7, 11) is 0. The van der Waals surface area contributed by atoms with Crippen LogP contribution in [0.25, 0.3) is 0 Å². The van der Waals surface area contributed by atoms with Gasteiger partial charge in [-0.2, -0.15) is 0 Å². The number of hydrogen-bond acceptors (Lipinski definition) is 1. The number of unbranched alkanes of at least 4 members (excludes halogenated alkanes) is 4. The van der Waals surface area contributed by atoms with Crippen molar-refractivity contribution in [3.8, 4) is 0 Å². The molecule has 0 heterocycles. The van der Waals surface area contributed by atoms with Crippen LogP contribution in [0.1, 0.15) is 46.0 Å². The lowest BCUT2D eigenvalue weighted by Gasteiger charge is -2.01. The Labute approximate surface area is 81.8 Å². The van der Waals surface area contributed by atoms with Gasteiger partial charge in [-0.05, 0) is 13.3 Å². The second-order valence-electron chi connectivity index (χ2n) is 3.21. The highest BCUT2D eigenvalue weighted by Crippen LogP contribution is 2.01. The maximum atomic E-state index is 5.56. The molecule has 0 aliphatic rings. The van der Waals surface area contributed by atoms with Crippen LogP contribution in [0.2, 0.25) is 0 Å². The Hall–Kier alpha value is -0.730. The van der Waals surface area contributed by atoms with E-state index in [0.29, 0.717) is 5.96 Å². The molecule has 13 heavy (non-hydrogen) atoms. The maximum absolute atomic E-state index is 5.56. The lowest BCUT2D eigenvalue weighted by atomic mass is 10.2. The summed E-state index contributed by atoms with van der Waals surface area (Å²) in [6.45, 7) is 5.96. The van der Waals surface area contributed by atoms with Crippen LogP contribution >= 0.6 is 0 Å². The van der Waals surface area contributed by atoms with Gasteiger partial charge in [0.1, 0.15) is 0 Å². The maximum Gasteiger partial charge on any atom is 0.188 e. The van der Waals surface area contributed by atoms with Gasteiger partial charge in [-0.3, -0.25) is 4.99 Å². The number of aliphatic imine (C=N–C) groups is 1. The monoisotopic (exact) mass is 185 g/mol. The zero-order chi connectivity index (χ0) is 9.94. The molecule has 0 aliphatic heterocycles. The molecule has 0 aliphatic carbocycles. The fourth-order valence-corrected chi connectivity index (χ4v) is 1.15. The zero-order valence-electron chi connectivity index (χ0n) is 8.97. The Balaban J connectivity index is 3.18. The zero-order valence-corrected chi connectivity index (χ0v) is 8.97. The third-order valence-electron chi connectivity index (χ3n) is 1.90. The molecular formula is C10H23N3. The highest BCUT2D eigenvalue weighted by atomic mass is 15.1. The summed E-state index contributed by atoms with van der Waals surface area (Å²) < 4.78 is 0. The summed E-state index contributed by atoms with van der Waals surface area (Å²) in [5.41, 5.74) is 5.56. The molecule has 0 aromatic carbocycles.